The Morgan fingerprint density at radius 2 is 1.88 bits per heavy atom. The standard InChI is InChI=1S/C17H27N5O2/c1-2-18-17-19-11-13(12-20-17)16(24)22-9-7-21(8-10-22)14-5-3-4-6-15(14)23/h11-12,14-15,23H,2-10H2,1H3,(H,18,19,20)/t14-,15-/m1/s1. The van der Waals surface area contributed by atoms with Crippen LogP contribution >= 0.6 is 0 Å². The summed E-state index contributed by atoms with van der Waals surface area (Å²) < 4.78 is 0. The number of piperazine rings is 1. The summed E-state index contributed by atoms with van der Waals surface area (Å²) in [4.78, 5) is 25.1. The van der Waals surface area contributed by atoms with Gasteiger partial charge in [-0.15, -0.1) is 0 Å². The van der Waals surface area contributed by atoms with Gasteiger partial charge in [-0.2, -0.15) is 0 Å². The van der Waals surface area contributed by atoms with Crippen molar-refractivity contribution in [2.75, 3.05) is 38.0 Å². The van der Waals surface area contributed by atoms with Crippen molar-refractivity contribution in [3.63, 3.8) is 0 Å². The summed E-state index contributed by atoms with van der Waals surface area (Å²) in [5, 5.41) is 13.2. The Balaban J connectivity index is 1.54. The van der Waals surface area contributed by atoms with E-state index in [0.717, 1.165) is 38.9 Å². The number of aromatic nitrogens is 2. The minimum absolute atomic E-state index is 0.0121. The van der Waals surface area contributed by atoms with Crippen molar-refractivity contribution in [3.8, 4) is 0 Å². The monoisotopic (exact) mass is 333 g/mol. The number of aliphatic hydroxyl groups excluding tert-OH is 1. The van der Waals surface area contributed by atoms with Gasteiger partial charge in [0.2, 0.25) is 5.95 Å². The molecule has 2 fully saturated rings. The number of aliphatic hydroxyl groups is 1. The van der Waals surface area contributed by atoms with E-state index in [9.17, 15) is 9.90 Å². The van der Waals surface area contributed by atoms with Crippen molar-refractivity contribution < 1.29 is 9.90 Å². The molecule has 1 saturated carbocycles. The molecule has 132 valence electrons. The van der Waals surface area contributed by atoms with E-state index in [1.165, 1.54) is 6.42 Å². The summed E-state index contributed by atoms with van der Waals surface area (Å²) >= 11 is 0. The van der Waals surface area contributed by atoms with Crippen molar-refractivity contribution in [1.82, 2.24) is 19.8 Å². The van der Waals surface area contributed by atoms with Gasteiger partial charge in [-0.25, -0.2) is 9.97 Å². The number of hydrogen-bond acceptors (Lipinski definition) is 6. The molecule has 2 N–H and O–H groups in total. The highest BCUT2D eigenvalue weighted by Gasteiger charge is 2.32. The molecule has 1 aromatic rings. The van der Waals surface area contributed by atoms with Crippen LogP contribution in [0.4, 0.5) is 5.95 Å². The molecule has 7 nitrogen and oxygen atoms in total. The molecule has 0 bridgehead atoms. The van der Waals surface area contributed by atoms with E-state index in [0.29, 0.717) is 24.6 Å². The molecular formula is C17H27N5O2. The summed E-state index contributed by atoms with van der Waals surface area (Å²) in [6.45, 7) is 5.76. The summed E-state index contributed by atoms with van der Waals surface area (Å²) in [6.07, 6.45) is 7.24. The van der Waals surface area contributed by atoms with Gasteiger partial charge >= 0.3 is 0 Å². The highest BCUT2D eigenvalue weighted by Crippen LogP contribution is 2.24. The summed E-state index contributed by atoms with van der Waals surface area (Å²) in [5.41, 5.74) is 0.530. The molecule has 0 spiro atoms. The molecule has 3 rings (SSSR count). The van der Waals surface area contributed by atoms with Crippen LogP contribution < -0.4 is 5.32 Å². The second-order valence-electron chi connectivity index (χ2n) is 6.57. The molecule has 1 aliphatic carbocycles. The third-order valence-corrected chi connectivity index (χ3v) is 5.00. The number of anilines is 1. The predicted octanol–water partition coefficient (Wildman–Crippen LogP) is 0.970. The topological polar surface area (TPSA) is 81.6 Å². The summed E-state index contributed by atoms with van der Waals surface area (Å²) in [7, 11) is 0. The number of nitrogens with zero attached hydrogens (tertiary/aromatic N) is 4. The van der Waals surface area contributed by atoms with Crippen LogP contribution in [0, 0.1) is 0 Å². The predicted molar refractivity (Wildman–Crippen MR) is 91.9 cm³/mol. The second-order valence-corrected chi connectivity index (χ2v) is 6.57. The quantitative estimate of drug-likeness (QED) is 0.854. The fraction of sp³-hybridized carbons (Fsp3) is 0.706. The molecule has 2 heterocycles. The van der Waals surface area contributed by atoms with Crippen molar-refractivity contribution in [2.24, 2.45) is 0 Å². The number of carbonyl (C=O) groups is 1. The number of carbonyl (C=O) groups excluding carboxylic acids is 1. The maximum absolute atomic E-state index is 12.6. The van der Waals surface area contributed by atoms with Crippen molar-refractivity contribution in [3.05, 3.63) is 18.0 Å². The lowest BCUT2D eigenvalue weighted by molar-refractivity contribution is -0.00173. The first-order valence-electron chi connectivity index (χ1n) is 8.96. The van der Waals surface area contributed by atoms with Gasteiger partial charge in [-0.3, -0.25) is 9.69 Å². The average molecular weight is 333 g/mol. The van der Waals surface area contributed by atoms with Gasteiger partial charge in [0.05, 0.1) is 11.7 Å². The van der Waals surface area contributed by atoms with E-state index in [1.807, 2.05) is 11.8 Å². The summed E-state index contributed by atoms with van der Waals surface area (Å²) in [6, 6.07) is 0.263. The fourth-order valence-corrected chi connectivity index (χ4v) is 3.64. The van der Waals surface area contributed by atoms with Crippen LogP contribution in [-0.4, -0.2) is 75.7 Å². The van der Waals surface area contributed by atoms with Crippen LogP contribution in [0.2, 0.25) is 0 Å². The number of nitrogens with one attached hydrogen (secondary N) is 1. The zero-order chi connectivity index (χ0) is 16.9. The molecule has 1 saturated heterocycles. The second kappa shape index (κ2) is 7.90. The zero-order valence-electron chi connectivity index (χ0n) is 14.3. The lowest BCUT2D eigenvalue weighted by Gasteiger charge is -2.42. The molecule has 7 heteroatoms. The normalized spacial score (nSPS) is 25.5. The third kappa shape index (κ3) is 3.84. The zero-order valence-corrected chi connectivity index (χ0v) is 14.3. The number of rotatable bonds is 4. The maximum Gasteiger partial charge on any atom is 0.257 e. The van der Waals surface area contributed by atoms with Crippen LogP contribution in [-0.2, 0) is 0 Å². The van der Waals surface area contributed by atoms with Crippen LogP contribution in [0.1, 0.15) is 43.0 Å². The van der Waals surface area contributed by atoms with Gasteiger partial charge in [0.1, 0.15) is 0 Å². The molecule has 1 aromatic heterocycles. The smallest absolute Gasteiger partial charge is 0.257 e. The van der Waals surface area contributed by atoms with Crippen LogP contribution in [0.3, 0.4) is 0 Å². The van der Waals surface area contributed by atoms with Gasteiger partial charge < -0.3 is 15.3 Å². The Morgan fingerprint density at radius 1 is 1.21 bits per heavy atom. The lowest BCUT2D eigenvalue weighted by Crippen LogP contribution is -2.55. The maximum atomic E-state index is 12.6. The van der Waals surface area contributed by atoms with E-state index in [4.69, 9.17) is 0 Å². The van der Waals surface area contributed by atoms with E-state index in [2.05, 4.69) is 20.2 Å². The van der Waals surface area contributed by atoms with Crippen molar-refractivity contribution in [1.29, 1.82) is 0 Å². The van der Waals surface area contributed by atoms with Crippen LogP contribution in [0.5, 0.6) is 0 Å². The third-order valence-electron chi connectivity index (χ3n) is 5.00. The number of amides is 1. The molecule has 1 amide bonds. The van der Waals surface area contributed by atoms with E-state index in [1.54, 1.807) is 12.4 Å². The SMILES string of the molecule is CCNc1ncc(C(=O)N2CCN([C@@H]3CCCC[C@H]3O)CC2)cn1. The summed E-state index contributed by atoms with van der Waals surface area (Å²) in [5.74, 6) is 0.534. The van der Waals surface area contributed by atoms with Gasteiger partial charge in [-0.05, 0) is 19.8 Å². The first-order chi connectivity index (χ1) is 11.7. The Kier molecular flexibility index (Phi) is 5.63. The van der Waals surface area contributed by atoms with Crippen molar-refractivity contribution in [2.45, 2.75) is 44.8 Å². The van der Waals surface area contributed by atoms with E-state index < -0.39 is 0 Å². The molecule has 24 heavy (non-hydrogen) atoms. The Bertz CT molecular complexity index is 542. The molecule has 0 aromatic carbocycles. The minimum atomic E-state index is -0.215. The number of hydrogen-bond donors (Lipinski definition) is 2. The van der Waals surface area contributed by atoms with E-state index >= 15 is 0 Å². The van der Waals surface area contributed by atoms with Gasteiger partial charge in [0.25, 0.3) is 5.91 Å². The van der Waals surface area contributed by atoms with Gasteiger partial charge in [0.15, 0.2) is 0 Å². The highest BCUT2D eigenvalue weighted by molar-refractivity contribution is 5.93. The van der Waals surface area contributed by atoms with Gasteiger partial charge in [-0.1, -0.05) is 12.8 Å². The van der Waals surface area contributed by atoms with E-state index in [-0.39, 0.29) is 18.1 Å². The Hall–Kier alpha value is -1.73. The van der Waals surface area contributed by atoms with Gasteiger partial charge in [0, 0.05) is 51.2 Å². The first kappa shape index (κ1) is 17.1. The molecule has 2 atom stereocenters. The first-order valence-corrected chi connectivity index (χ1v) is 8.96. The van der Waals surface area contributed by atoms with Crippen LogP contribution in [0.25, 0.3) is 0 Å². The highest BCUT2D eigenvalue weighted by atomic mass is 16.3. The fourth-order valence-electron chi connectivity index (χ4n) is 3.64. The lowest BCUT2D eigenvalue weighted by atomic mass is 9.91. The minimum Gasteiger partial charge on any atom is -0.391 e. The molecule has 2 aliphatic rings. The van der Waals surface area contributed by atoms with Crippen molar-refractivity contribution >= 4 is 11.9 Å². The largest absolute Gasteiger partial charge is 0.391 e. The van der Waals surface area contributed by atoms with Crippen LogP contribution in [0.15, 0.2) is 12.4 Å². The average Bonchev–Trinajstić information content (AvgIpc) is 2.63. The molecule has 0 unspecified atom stereocenters. The molecule has 1 aliphatic heterocycles. The Labute approximate surface area is 143 Å². The molecule has 0 radical (unpaired) electrons. The Morgan fingerprint density at radius 3 is 2.50 bits per heavy atom. The molecular weight excluding hydrogens is 306 g/mol.